The Morgan fingerprint density at radius 1 is 1.57 bits per heavy atom. The van der Waals surface area contributed by atoms with Crippen LogP contribution in [0, 0.1) is 0 Å². The van der Waals surface area contributed by atoms with Gasteiger partial charge in [-0.05, 0) is 32.7 Å². The Labute approximate surface area is 84.8 Å². The summed E-state index contributed by atoms with van der Waals surface area (Å²) < 4.78 is 0. The second-order valence-corrected chi connectivity index (χ2v) is 4.68. The van der Waals surface area contributed by atoms with E-state index in [2.05, 4.69) is 22.9 Å². The van der Waals surface area contributed by atoms with Crippen molar-refractivity contribution in [3.05, 3.63) is 0 Å². The lowest BCUT2D eigenvalue weighted by atomic mass is 10.0. The third kappa shape index (κ3) is 2.69. The summed E-state index contributed by atoms with van der Waals surface area (Å²) in [4.78, 5) is 11.4. The molecule has 0 bridgehead atoms. The van der Waals surface area contributed by atoms with Gasteiger partial charge < -0.3 is 16.0 Å². The molecule has 2 rings (SSSR count). The Hall–Kier alpha value is -0.610. The molecule has 0 spiro atoms. The van der Waals surface area contributed by atoms with E-state index in [4.69, 9.17) is 0 Å². The molecule has 1 heterocycles. The monoisotopic (exact) mass is 197 g/mol. The fourth-order valence-corrected chi connectivity index (χ4v) is 1.77. The van der Waals surface area contributed by atoms with Crippen LogP contribution in [0.2, 0.25) is 0 Å². The number of carbonyl (C=O) groups excluding carboxylic acids is 1. The maximum Gasteiger partial charge on any atom is 0.234 e. The summed E-state index contributed by atoms with van der Waals surface area (Å²) in [6.07, 6.45) is 3.42. The Morgan fingerprint density at radius 2 is 2.36 bits per heavy atom. The average Bonchev–Trinajstić information content (AvgIpc) is 2.85. The maximum absolute atomic E-state index is 11.4. The Bertz CT molecular complexity index is 219. The van der Waals surface area contributed by atoms with Gasteiger partial charge in [0.15, 0.2) is 0 Å². The van der Waals surface area contributed by atoms with E-state index in [1.165, 1.54) is 0 Å². The van der Waals surface area contributed by atoms with Gasteiger partial charge in [0, 0.05) is 18.1 Å². The van der Waals surface area contributed by atoms with Crippen molar-refractivity contribution in [1.82, 2.24) is 16.0 Å². The quantitative estimate of drug-likeness (QED) is 0.575. The fraction of sp³-hybridized carbons (Fsp3) is 0.900. The number of carbonyl (C=O) groups is 1. The van der Waals surface area contributed by atoms with Gasteiger partial charge in [0.05, 0.1) is 6.54 Å². The fourth-order valence-electron chi connectivity index (χ4n) is 1.77. The zero-order valence-corrected chi connectivity index (χ0v) is 8.73. The molecule has 0 aromatic rings. The van der Waals surface area contributed by atoms with Gasteiger partial charge in [0.1, 0.15) is 0 Å². The topological polar surface area (TPSA) is 53.2 Å². The number of amides is 1. The van der Waals surface area contributed by atoms with Crippen molar-refractivity contribution in [1.29, 1.82) is 0 Å². The molecule has 0 radical (unpaired) electrons. The molecular weight excluding hydrogens is 178 g/mol. The molecule has 2 fully saturated rings. The second-order valence-electron chi connectivity index (χ2n) is 4.68. The summed E-state index contributed by atoms with van der Waals surface area (Å²) in [5, 5.41) is 9.59. The minimum absolute atomic E-state index is 0.112. The van der Waals surface area contributed by atoms with E-state index >= 15 is 0 Å². The molecule has 4 heteroatoms. The van der Waals surface area contributed by atoms with Crippen LogP contribution in [0.15, 0.2) is 0 Å². The van der Waals surface area contributed by atoms with E-state index in [1.807, 2.05) is 0 Å². The van der Waals surface area contributed by atoms with Crippen LogP contribution in [0.3, 0.4) is 0 Å². The summed E-state index contributed by atoms with van der Waals surface area (Å²) in [6, 6.07) is 0.471. The van der Waals surface area contributed by atoms with E-state index in [1.54, 1.807) is 0 Å². The Balaban J connectivity index is 1.67. The number of hydrogen-bond acceptors (Lipinski definition) is 3. The lowest BCUT2D eigenvalue weighted by molar-refractivity contribution is -0.120. The lowest BCUT2D eigenvalue weighted by Crippen LogP contribution is -2.48. The third-order valence-corrected chi connectivity index (χ3v) is 2.99. The minimum Gasteiger partial charge on any atom is -0.352 e. The predicted octanol–water partition coefficient (Wildman–Crippen LogP) is -0.393. The van der Waals surface area contributed by atoms with Crippen molar-refractivity contribution in [2.24, 2.45) is 0 Å². The molecular formula is C10H19N3O. The predicted molar refractivity (Wildman–Crippen MR) is 55.1 cm³/mol. The number of nitrogens with one attached hydrogen (secondary N) is 3. The van der Waals surface area contributed by atoms with Crippen molar-refractivity contribution in [2.45, 2.75) is 37.8 Å². The highest BCUT2D eigenvalue weighted by atomic mass is 16.2. The van der Waals surface area contributed by atoms with Crippen LogP contribution >= 0.6 is 0 Å². The molecule has 2 aliphatic rings. The number of hydrogen-bond donors (Lipinski definition) is 3. The highest BCUT2D eigenvalue weighted by Crippen LogP contribution is 2.18. The smallest absolute Gasteiger partial charge is 0.234 e. The first-order chi connectivity index (χ1) is 6.68. The Kier molecular flexibility index (Phi) is 2.74. The maximum atomic E-state index is 11.4. The van der Waals surface area contributed by atoms with E-state index in [0.717, 1.165) is 32.4 Å². The van der Waals surface area contributed by atoms with Gasteiger partial charge in [0.25, 0.3) is 0 Å². The summed E-state index contributed by atoms with van der Waals surface area (Å²) in [5.41, 5.74) is 0.112. The van der Waals surface area contributed by atoms with Gasteiger partial charge in [0.2, 0.25) is 5.91 Å². The third-order valence-electron chi connectivity index (χ3n) is 2.99. The number of rotatable bonds is 4. The zero-order valence-electron chi connectivity index (χ0n) is 8.73. The van der Waals surface area contributed by atoms with E-state index < -0.39 is 0 Å². The summed E-state index contributed by atoms with van der Waals surface area (Å²) in [6.45, 7) is 4.63. The van der Waals surface area contributed by atoms with Crippen LogP contribution in [0.25, 0.3) is 0 Å². The standard InChI is InChI=1S/C10H19N3O/c1-10(4-5-11-7-10)12-6-9(14)13-8-2-3-8/h8,11-12H,2-7H2,1H3,(H,13,14). The molecule has 3 N–H and O–H groups in total. The molecule has 1 aliphatic heterocycles. The summed E-state index contributed by atoms with van der Waals surface area (Å²) in [5.74, 6) is 0.139. The highest BCUT2D eigenvalue weighted by molar-refractivity contribution is 5.78. The minimum atomic E-state index is 0.112. The van der Waals surface area contributed by atoms with Gasteiger partial charge in [-0.15, -0.1) is 0 Å². The second kappa shape index (κ2) is 3.87. The molecule has 4 nitrogen and oxygen atoms in total. The zero-order chi connectivity index (χ0) is 10.0. The SMILES string of the molecule is CC1(NCC(=O)NC2CC2)CCNC1. The van der Waals surface area contributed by atoms with Crippen LogP contribution in [-0.2, 0) is 4.79 Å². The molecule has 1 atom stereocenters. The van der Waals surface area contributed by atoms with Gasteiger partial charge in [-0.3, -0.25) is 4.79 Å². The van der Waals surface area contributed by atoms with Crippen molar-refractivity contribution in [3.63, 3.8) is 0 Å². The van der Waals surface area contributed by atoms with Gasteiger partial charge in [-0.1, -0.05) is 0 Å². The van der Waals surface area contributed by atoms with E-state index in [9.17, 15) is 4.79 Å². The van der Waals surface area contributed by atoms with Gasteiger partial charge in [-0.2, -0.15) is 0 Å². The molecule has 80 valence electrons. The normalized spacial score (nSPS) is 31.8. The summed E-state index contributed by atoms with van der Waals surface area (Å²) >= 11 is 0. The summed E-state index contributed by atoms with van der Waals surface area (Å²) in [7, 11) is 0. The van der Waals surface area contributed by atoms with Gasteiger partial charge in [-0.25, -0.2) is 0 Å². The molecule has 1 unspecified atom stereocenters. The lowest BCUT2D eigenvalue weighted by Gasteiger charge is -2.24. The molecule has 0 aromatic heterocycles. The first-order valence-corrected chi connectivity index (χ1v) is 5.43. The molecule has 1 amide bonds. The van der Waals surface area contributed by atoms with Crippen LogP contribution in [0.5, 0.6) is 0 Å². The van der Waals surface area contributed by atoms with Crippen molar-refractivity contribution < 1.29 is 4.79 Å². The Morgan fingerprint density at radius 3 is 2.93 bits per heavy atom. The van der Waals surface area contributed by atoms with E-state index in [0.29, 0.717) is 12.6 Å². The molecule has 1 saturated carbocycles. The first-order valence-electron chi connectivity index (χ1n) is 5.43. The largest absolute Gasteiger partial charge is 0.352 e. The molecule has 14 heavy (non-hydrogen) atoms. The molecule has 0 aromatic carbocycles. The van der Waals surface area contributed by atoms with Crippen molar-refractivity contribution in [2.75, 3.05) is 19.6 Å². The van der Waals surface area contributed by atoms with Crippen LogP contribution in [-0.4, -0.2) is 37.1 Å². The van der Waals surface area contributed by atoms with Crippen molar-refractivity contribution >= 4 is 5.91 Å². The molecule has 1 aliphatic carbocycles. The van der Waals surface area contributed by atoms with Gasteiger partial charge >= 0.3 is 0 Å². The van der Waals surface area contributed by atoms with Crippen LogP contribution in [0.4, 0.5) is 0 Å². The highest BCUT2D eigenvalue weighted by Gasteiger charge is 2.29. The molecule has 1 saturated heterocycles. The van der Waals surface area contributed by atoms with E-state index in [-0.39, 0.29) is 11.4 Å². The van der Waals surface area contributed by atoms with Crippen LogP contribution < -0.4 is 16.0 Å². The van der Waals surface area contributed by atoms with Crippen LogP contribution in [0.1, 0.15) is 26.2 Å². The first kappa shape index (κ1) is 9.93. The average molecular weight is 197 g/mol. The van der Waals surface area contributed by atoms with Crippen molar-refractivity contribution in [3.8, 4) is 0 Å².